The van der Waals surface area contributed by atoms with Gasteiger partial charge in [0.25, 0.3) is 0 Å². The molecule has 0 aliphatic heterocycles. The van der Waals surface area contributed by atoms with E-state index in [-0.39, 0.29) is 5.41 Å². The van der Waals surface area contributed by atoms with E-state index in [1.165, 1.54) is 16.0 Å². The maximum atomic E-state index is 8.72. The summed E-state index contributed by atoms with van der Waals surface area (Å²) in [7, 11) is 0. The predicted octanol–water partition coefficient (Wildman–Crippen LogP) is 3.56. The minimum atomic E-state index is -0.264. The summed E-state index contributed by atoms with van der Waals surface area (Å²) in [5, 5.41) is 11.8. The first kappa shape index (κ1) is 14.9. The van der Waals surface area contributed by atoms with E-state index < -0.39 is 0 Å². The van der Waals surface area contributed by atoms with Crippen LogP contribution < -0.4 is 5.73 Å². The zero-order valence-electron chi connectivity index (χ0n) is 11.5. The molecule has 3 nitrogen and oxygen atoms in total. The number of benzene rings is 1. The summed E-state index contributed by atoms with van der Waals surface area (Å²) in [6.07, 6.45) is 0.876. The van der Waals surface area contributed by atoms with Crippen molar-refractivity contribution in [3.05, 3.63) is 29.3 Å². The Balaban J connectivity index is 2.57. The summed E-state index contributed by atoms with van der Waals surface area (Å²) in [5.74, 6) is 1.25. The van der Waals surface area contributed by atoms with Gasteiger partial charge >= 0.3 is 0 Å². The summed E-state index contributed by atoms with van der Waals surface area (Å²) in [6.45, 7) is 8.21. The van der Waals surface area contributed by atoms with Crippen molar-refractivity contribution in [2.45, 2.75) is 39.0 Å². The van der Waals surface area contributed by atoms with Crippen molar-refractivity contribution in [3.63, 3.8) is 0 Å². The third-order valence-corrected chi connectivity index (χ3v) is 4.29. The molecular formula is C14H22N2OS. The van der Waals surface area contributed by atoms with Gasteiger partial charge < -0.3 is 10.9 Å². The number of oxime groups is 1. The first-order valence-electron chi connectivity index (χ1n) is 6.05. The molecule has 18 heavy (non-hydrogen) atoms. The highest BCUT2D eigenvalue weighted by molar-refractivity contribution is 7.99. The van der Waals surface area contributed by atoms with Crippen molar-refractivity contribution in [1.82, 2.24) is 0 Å². The van der Waals surface area contributed by atoms with Crippen LogP contribution in [-0.4, -0.2) is 16.8 Å². The second-order valence-corrected chi connectivity index (χ2v) is 6.37. The van der Waals surface area contributed by atoms with Crippen LogP contribution in [0.25, 0.3) is 0 Å². The molecule has 0 saturated heterocycles. The lowest BCUT2D eigenvalue weighted by Crippen LogP contribution is -2.32. The van der Waals surface area contributed by atoms with Crippen molar-refractivity contribution < 1.29 is 5.21 Å². The molecule has 0 radical (unpaired) electrons. The molecule has 0 aliphatic rings. The lowest BCUT2D eigenvalue weighted by molar-refractivity contribution is 0.307. The molecule has 0 spiro atoms. The van der Waals surface area contributed by atoms with Gasteiger partial charge in [-0.1, -0.05) is 36.7 Å². The van der Waals surface area contributed by atoms with Gasteiger partial charge in [-0.3, -0.25) is 0 Å². The van der Waals surface area contributed by atoms with Crippen LogP contribution in [0.15, 0.2) is 28.3 Å². The van der Waals surface area contributed by atoms with Crippen LogP contribution >= 0.6 is 11.8 Å². The van der Waals surface area contributed by atoms with Crippen molar-refractivity contribution in [3.8, 4) is 0 Å². The molecule has 0 saturated carbocycles. The van der Waals surface area contributed by atoms with E-state index >= 15 is 0 Å². The second-order valence-electron chi connectivity index (χ2n) is 5.24. The predicted molar refractivity (Wildman–Crippen MR) is 78.4 cm³/mol. The van der Waals surface area contributed by atoms with Gasteiger partial charge in [-0.2, -0.15) is 0 Å². The van der Waals surface area contributed by atoms with Crippen LogP contribution in [-0.2, 0) is 0 Å². The fraction of sp³-hybridized carbons (Fsp3) is 0.500. The number of hydrogen-bond acceptors (Lipinski definition) is 3. The highest BCUT2D eigenvalue weighted by atomic mass is 32.2. The normalized spacial score (nSPS) is 12.8. The third kappa shape index (κ3) is 3.95. The lowest BCUT2D eigenvalue weighted by Gasteiger charge is -2.22. The summed E-state index contributed by atoms with van der Waals surface area (Å²) >= 11 is 1.82. The fourth-order valence-electron chi connectivity index (χ4n) is 1.64. The zero-order chi connectivity index (χ0) is 13.8. The summed E-state index contributed by atoms with van der Waals surface area (Å²) in [4.78, 5) is 1.30. The van der Waals surface area contributed by atoms with Gasteiger partial charge in [0.2, 0.25) is 0 Å². The average Bonchev–Trinajstić information content (AvgIpc) is 2.30. The van der Waals surface area contributed by atoms with E-state index in [2.05, 4.69) is 37.2 Å². The van der Waals surface area contributed by atoms with E-state index in [0.717, 1.165) is 12.2 Å². The molecule has 0 aliphatic carbocycles. The number of nitrogens with two attached hydrogens (primary N) is 1. The van der Waals surface area contributed by atoms with Gasteiger partial charge in [0.05, 0.1) is 0 Å². The van der Waals surface area contributed by atoms with E-state index in [9.17, 15) is 0 Å². The Morgan fingerprint density at radius 1 is 1.39 bits per heavy atom. The first-order chi connectivity index (χ1) is 8.36. The number of rotatable bonds is 5. The Morgan fingerprint density at radius 3 is 2.61 bits per heavy atom. The third-order valence-electron chi connectivity index (χ3n) is 3.12. The van der Waals surface area contributed by atoms with Crippen LogP contribution in [0.2, 0.25) is 0 Å². The largest absolute Gasteiger partial charge is 0.409 e. The molecule has 1 rings (SSSR count). The molecule has 0 heterocycles. The van der Waals surface area contributed by atoms with E-state index in [4.69, 9.17) is 10.9 Å². The topological polar surface area (TPSA) is 58.6 Å². The van der Waals surface area contributed by atoms with Crippen molar-refractivity contribution >= 4 is 17.6 Å². The Labute approximate surface area is 113 Å². The number of hydrogen-bond donors (Lipinski definition) is 2. The maximum absolute atomic E-state index is 8.72. The Bertz CT molecular complexity index is 441. The van der Waals surface area contributed by atoms with E-state index in [0.29, 0.717) is 5.84 Å². The Kier molecular flexibility index (Phi) is 5.08. The minimum Gasteiger partial charge on any atom is -0.409 e. The van der Waals surface area contributed by atoms with Gasteiger partial charge in [0.15, 0.2) is 0 Å². The van der Waals surface area contributed by atoms with Gasteiger partial charge in [-0.25, -0.2) is 0 Å². The molecule has 0 unspecified atom stereocenters. The first-order valence-corrected chi connectivity index (χ1v) is 7.03. The maximum Gasteiger partial charge on any atom is 0.144 e. The molecule has 3 N–H and O–H groups in total. The number of aryl methyl sites for hydroxylation is 2. The monoisotopic (exact) mass is 266 g/mol. The van der Waals surface area contributed by atoms with E-state index in [1.807, 2.05) is 25.6 Å². The summed E-state index contributed by atoms with van der Waals surface area (Å²) in [5.41, 5.74) is 8.00. The summed E-state index contributed by atoms with van der Waals surface area (Å²) in [6, 6.07) is 6.48. The number of nitrogens with zero attached hydrogens (tertiary/aromatic N) is 1. The number of thioether (sulfide) groups is 1. The van der Waals surface area contributed by atoms with Crippen molar-refractivity contribution in [2.75, 3.05) is 5.75 Å². The standard InChI is InChI=1S/C14H22N2OS/c1-10-5-6-12(11(2)9-10)18-8-7-14(3,4)13(15)16-17/h5-6,9,17H,7-8H2,1-4H3,(H2,15,16). The minimum absolute atomic E-state index is 0.264. The van der Waals surface area contributed by atoms with E-state index in [1.54, 1.807) is 0 Å². The lowest BCUT2D eigenvalue weighted by atomic mass is 9.89. The fourth-order valence-corrected chi connectivity index (χ4v) is 2.92. The van der Waals surface area contributed by atoms with Crippen LogP contribution in [0.4, 0.5) is 0 Å². The molecule has 1 aromatic rings. The Hall–Kier alpha value is -1.16. The van der Waals surface area contributed by atoms with Gasteiger partial charge in [0.1, 0.15) is 5.84 Å². The van der Waals surface area contributed by atoms with Crippen LogP contribution in [0.1, 0.15) is 31.4 Å². The summed E-state index contributed by atoms with van der Waals surface area (Å²) < 4.78 is 0. The molecule has 100 valence electrons. The van der Waals surface area contributed by atoms with Crippen LogP contribution in [0.3, 0.4) is 0 Å². The SMILES string of the molecule is Cc1ccc(SCCC(C)(C)C(N)=NO)c(C)c1. The number of amidine groups is 1. The molecule has 0 amide bonds. The van der Waals surface area contributed by atoms with Crippen molar-refractivity contribution in [2.24, 2.45) is 16.3 Å². The smallest absolute Gasteiger partial charge is 0.144 e. The molecule has 1 aromatic carbocycles. The second kappa shape index (κ2) is 6.14. The molecule has 4 heteroatoms. The molecule has 0 aromatic heterocycles. The highest BCUT2D eigenvalue weighted by Gasteiger charge is 2.23. The molecule has 0 fully saturated rings. The quantitative estimate of drug-likeness (QED) is 0.282. The highest BCUT2D eigenvalue weighted by Crippen LogP contribution is 2.28. The van der Waals surface area contributed by atoms with Crippen LogP contribution in [0.5, 0.6) is 0 Å². The zero-order valence-corrected chi connectivity index (χ0v) is 12.3. The molecule has 0 atom stereocenters. The van der Waals surface area contributed by atoms with Crippen LogP contribution in [0, 0.1) is 19.3 Å². The Morgan fingerprint density at radius 2 is 2.06 bits per heavy atom. The van der Waals surface area contributed by atoms with Gasteiger partial charge in [0, 0.05) is 10.3 Å². The molecule has 0 bridgehead atoms. The van der Waals surface area contributed by atoms with Gasteiger partial charge in [-0.15, -0.1) is 11.8 Å². The van der Waals surface area contributed by atoms with Crippen molar-refractivity contribution in [1.29, 1.82) is 0 Å². The van der Waals surface area contributed by atoms with Gasteiger partial charge in [-0.05, 0) is 37.7 Å². The average molecular weight is 266 g/mol. The molecular weight excluding hydrogens is 244 g/mol.